The molecule has 16 heavy (non-hydrogen) atoms. The minimum absolute atomic E-state index is 0.0261. The number of hydrogen-bond acceptors (Lipinski definition) is 1. The molecule has 0 radical (unpaired) electrons. The average molecular weight is 355 g/mol. The second kappa shape index (κ2) is 5.12. The lowest BCUT2D eigenvalue weighted by atomic mass is 10.3. The van der Waals surface area contributed by atoms with Gasteiger partial charge in [0, 0.05) is 4.47 Å². The van der Waals surface area contributed by atoms with Crippen molar-refractivity contribution in [2.75, 3.05) is 0 Å². The summed E-state index contributed by atoms with van der Waals surface area (Å²) in [5.41, 5.74) is -0.214. The van der Waals surface area contributed by atoms with Gasteiger partial charge >= 0.3 is 6.18 Å². The van der Waals surface area contributed by atoms with E-state index in [4.69, 9.17) is 34.8 Å². The summed E-state index contributed by atoms with van der Waals surface area (Å²) in [7, 11) is 0. The number of benzene rings is 1. The van der Waals surface area contributed by atoms with Gasteiger partial charge in [-0.25, -0.2) is 4.99 Å². The summed E-state index contributed by atoms with van der Waals surface area (Å²) >= 11 is 19.4. The van der Waals surface area contributed by atoms with Gasteiger partial charge in [0.25, 0.3) is 0 Å². The summed E-state index contributed by atoms with van der Waals surface area (Å²) in [6.07, 6.45) is -4.72. The van der Waals surface area contributed by atoms with Crippen LogP contribution in [-0.2, 0) is 0 Å². The summed E-state index contributed by atoms with van der Waals surface area (Å²) in [5.74, 6) is 0. The largest absolute Gasteiger partial charge is 0.444 e. The molecule has 0 atom stereocenters. The van der Waals surface area contributed by atoms with Gasteiger partial charge in [0.2, 0.25) is 5.17 Å². The first kappa shape index (κ1) is 14.1. The van der Waals surface area contributed by atoms with Crippen LogP contribution in [-0.4, -0.2) is 11.3 Å². The van der Waals surface area contributed by atoms with Crippen LogP contribution in [0.1, 0.15) is 0 Å². The number of aliphatic imine (C=N–C) groups is 1. The molecule has 0 aliphatic carbocycles. The molecule has 1 aromatic carbocycles. The van der Waals surface area contributed by atoms with Crippen LogP contribution in [0, 0.1) is 0 Å². The molecular formula is C8H2BrCl3F3N. The molecule has 1 rings (SSSR count). The maximum Gasteiger partial charge on any atom is 0.444 e. The van der Waals surface area contributed by atoms with Crippen LogP contribution in [0.4, 0.5) is 18.9 Å². The number of halogens is 7. The Balaban J connectivity index is 3.26. The number of nitrogens with zero attached hydrogens (tertiary/aromatic N) is 1. The van der Waals surface area contributed by atoms with Crippen LogP contribution >= 0.6 is 50.7 Å². The van der Waals surface area contributed by atoms with E-state index in [1.807, 2.05) is 0 Å². The molecule has 0 unspecified atom stereocenters. The molecule has 0 saturated carbocycles. The number of rotatable bonds is 1. The predicted molar refractivity (Wildman–Crippen MR) is 63.2 cm³/mol. The topological polar surface area (TPSA) is 12.4 Å². The molecule has 0 N–H and O–H groups in total. The van der Waals surface area contributed by atoms with Crippen molar-refractivity contribution in [3.05, 3.63) is 26.7 Å². The SMILES string of the molecule is FC(F)(F)C(Cl)=Nc1c(Cl)cc(Br)cc1Cl. The molecule has 1 nitrogen and oxygen atoms in total. The maximum atomic E-state index is 12.1. The summed E-state index contributed by atoms with van der Waals surface area (Å²) in [6.45, 7) is 0. The number of alkyl halides is 3. The average Bonchev–Trinajstić information content (AvgIpc) is 2.08. The van der Waals surface area contributed by atoms with Crippen molar-refractivity contribution in [2.24, 2.45) is 4.99 Å². The van der Waals surface area contributed by atoms with E-state index >= 15 is 0 Å². The molecule has 0 amide bonds. The molecule has 1 aromatic rings. The van der Waals surface area contributed by atoms with Gasteiger partial charge in [-0.1, -0.05) is 50.7 Å². The zero-order chi connectivity index (χ0) is 12.5. The second-order valence-electron chi connectivity index (χ2n) is 2.62. The highest BCUT2D eigenvalue weighted by molar-refractivity contribution is 9.10. The highest BCUT2D eigenvalue weighted by Crippen LogP contribution is 2.37. The van der Waals surface area contributed by atoms with E-state index < -0.39 is 11.3 Å². The molecule has 0 aliphatic rings. The third-order valence-electron chi connectivity index (χ3n) is 1.43. The third kappa shape index (κ3) is 3.52. The Morgan fingerprint density at radius 2 is 1.62 bits per heavy atom. The normalized spacial score (nSPS) is 13.1. The molecule has 0 aromatic heterocycles. The van der Waals surface area contributed by atoms with Gasteiger partial charge < -0.3 is 0 Å². The molecule has 0 aliphatic heterocycles. The molecule has 0 bridgehead atoms. The Bertz CT molecular complexity index is 422. The van der Waals surface area contributed by atoms with E-state index in [1.165, 1.54) is 12.1 Å². The minimum Gasteiger partial charge on any atom is -0.229 e. The first-order valence-corrected chi connectivity index (χ1v) is 5.60. The van der Waals surface area contributed by atoms with E-state index in [1.54, 1.807) is 0 Å². The molecule has 8 heteroatoms. The van der Waals surface area contributed by atoms with Crippen molar-refractivity contribution in [1.29, 1.82) is 0 Å². The highest BCUT2D eigenvalue weighted by atomic mass is 79.9. The van der Waals surface area contributed by atoms with Crippen molar-refractivity contribution in [3.63, 3.8) is 0 Å². The predicted octanol–water partition coefficient (Wildman–Crippen LogP) is 5.59. The lowest BCUT2D eigenvalue weighted by Gasteiger charge is -2.06. The summed E-state index contributed by atoms with van der Waals surface area (Å²) in [4.78, 5) is 3.14. The van der Waals surface area contributed by atoms with Crippen molar-refractivity contribution >= 4 is 61.6 Å². The molecular weight excluding hydrogens is 353 g/mol. The van der Waals surface area contributed by atoms with E-state index in [-0.39, 0.29) is 15.7 Å². The van der Waals surface area contributed by atoms with Crippen LogP contribution in [0.25, 0.3) is 0 Å². The Kier molecular flexibility index (Phi) is 4.51. The molecule has 0 spiro atoms. The van der Waals surface area contributed by atoms with Gasteiger partial charge in [-0.05, 0) is 12.1 Å². The number of hydrogen-bond donors (Lipinski definition) is 0. The van der Waals surface area contributed by atoms with Gasteiger partial charge in [0.15, 0.2) is 0 Å². The fourth-order valence-corrected chi connectivity index (χ4v) is 2.18. The van der Waals surface area contributed by atoms with Gasteiger partial charge in [-0.15, -0.1) is 0 Å². The Labute approximate surface area is 112 Å². The maximum absolute atomic E-state index is 12.1. The standard InChI is InChI=1S/C8H2BrCl3F3N/c9-3-1-4(10)6(5(11)2-3)16-7(12)8(13,14)15/h1-2H. The van der Waals surface area contributed by atoms with E-state index in [0.717, 1.165) is 0 Å². The van der Waals surface area contributed by atoms with Crippen LogP contribution in [0.3, 0.4) is 0 Å². The summed E-state index contributed by atoms with van der Waals surface area (Å²) < 4.78 is 36.9. The van der Waals surface area contributed by atoms with Gasteiger partial charge in [-0.2, -0.15) is 13.2 Å². The van der Waals surface area contributed by atoms with Crippen molar-refractivity contribution in [3.8, 4) is 0 Å². The van der Waals surface area contributed by atoms with Crippen molar-refractivity contribution < 1.29 is 13.2 Å². The minimum atomic E-state index is -4.72. The van der Waals surface area contributed by atoms with Crippen LogP contribution in [0.5, 0.6) is 0 Å². The fraction of sp³-hybridized carbons (Fsp3) is 0.125. The van der Waals surface area contributed by atoms with Crippen molar-refractivity contribution in [2.45, 2.75) is 6.18 Å². The first-order valence-electron chi connectivity index (χ1n) is 3.67. The monoisotopic (exact) mass is 353 g/mol. The van der Waals surface area contributed by atoms with E-state index in [9.17, 15) is 13.2 Å². The zero-order valence-corrected chi connectivity index (χ0v) is 11.1. The van der Waals surface area contributed by atoms with Gasteiger partial charge in [0.1, 0.15) is 5.69 Å². The lowest BCUT2D eigenvalue weighted by Crippen LogP contribution is -2.16. The molecule has 0 saturated heterocycles. The zero-order valence-electron chi connectivity index (χ0n) is 7.25. The van der Waals surface area contributed by atoms with E-state index in [2.05, 4.69) is 20.9 Å². The lowest BCUT2D eigenvalue weighted by molar-refractivity contribution is -0.0558. The Hall–Kier alpha value is 0.0300. The van der Waals surface area contributed by atoms with Gasteiger partial charge in [0.05, 0.1) is 10.0 Å². The molecule has 88 valence electrons. The van der Waals surface area contributed by atoms with E-state index in [0.29, 0.717) is 4.47 Å². The molecule has 0 fully saturated rings. The third-order valence-corrected chi connectivity index (χ3v) is 2.76. The quantitative estimate of drug-likeness (QED) is 0.583. The van der Waals surface area contributed by atoms with Crippen LogP contribution < -0.4 is 0 Å². The Morgan fingerprint density at radius 3 is 2.00 bits per heavy atom. The Morgan fingerprint density at radius 1 is 1.19 bits per heavy atom. The smallest absolute Gasteiger partial charge is 0.229 e. The summed E-state index contributed by atoms with van der Waals surface area (Å²) in [6, 6.07) is 2.74. The highest BCUT2D eigenvalue weighted by Gasteiger charge is 2.34. The molecule has 0 heterocycles. The van der Waals surface area contributed by atoms with Crippen molar-refractivity contribution in [1.82, 2.24) is 0 Å². The first-order chi connectivity index (χ1) is 7.21. The second-order valence-corrected chi connectivity index (χ2v) is 4.71. The van der Waals surface area contributed by atoms with Gasteiger partial charge in [-0.3, -0.25) is 0 Å². The van der Waals surface area contributed by atoms with Crippen LogP contribution in [0.2, 0.25) is 10.0 Å². The van der Waals surface area contributed by atoms with Crippen LogP contribution in [0.15, 0.2) is 21.6 Å². The summed E-state index contributed by atoms with van der Waals surface area (Å²) in [5, 5.41) is -1.58. The fourth-order valence-electron chi connectivity index (χ4n) is 0.803.